The number of β-amino-alcohol motifs (C(OH)–C–C–N with tert-alkyl or cyclic N) is 1. The molecule has 0 aromatic carbocycles. The second kappa shape index (κ2) is 3.35. The van der Waals surface area contributed by atoms with Crippen LogP contribution in [0.2, 0.25) is 0 Å². The molecule has 1 aliphatic heterocycles. The van der Waals surface area contributed by atoms with Crippen molar-refractivity contribution in [2.24, 2.45) is 11.8 Å². The maximum absolute atomic E-state index is 8.66. The van der Waals surface area contributed by atoms with E-state index < -0.39 is 0 Å². The monoisotopic (exact) mass is 143 g/mol. The number of aliphatic hydroxyl groups is 1. The van der Waals surface area contributed by atoms with Crippen LogP contribution in [0.1, 0.15) is 13.8 Å². The Kier molecular flexibility index (Phi) is 2.69. The highest BCUT2D eigenvalue weighted by Crippen LogP contribution is 2.20. The molecule has 0 amide bonds. The maximum Gasteiger partial charge on any atom is 0.0558 e. The third-order valence-corrected chi connectivity index (χ3v) is 2.48. The molecule has 0 aromatic heterocycles. The van der Waals surface area contributed by atoms with Crippen molar-refractivity contribution in [2.45, 2.75) is 13.8 Å². The lowest BCUT2D eigenvalue weighted by Crippen LogP contribution is -2.24. The summed E-state index contributed by atoms with van der Waals surface area (Å²) in [6.45, 7) is 8.06. The summed E-state index contributed by atoms with van der Waals surface area (Å²) in [7, 11) is 0. The molecule has 1 heterocycles. The van der Waals surface area contributed by atoms with Gasteiger partial charge in [0.15, 0.2) is 0 Å². The molecule has 0 spiro atoms. The molecule has 1 saturated heterocycles. The number of likely N-dealkylation sites (tertiary alicyclic amines) is 1. The summed E-state index contributed by atoms with van der Waals surface area (Å²) in [5, 5.41) is 8.66. The van der Waals surface area contributed by atoms with Gasteiger partial charge in [0.25, 0.3) is 0 Å². The minimum Gasteiger partial charge on any atom is -0.395 e. The van der Waals surface area contributed by atoms with Gasteiger partial charge in [0.05, 0.1) is 6.61 Å². The van der Waals surface area contributed by atoms with Gasteiger partial charge in [-0.2, -0.15) is 0 Å². The molecule has 1 rings (SSSR count). The maximum atomic E-state index is 8.66. The Labute approximate surface area is 62.8 Å². The average Bonchev–Trinajstić information content (AvgIpc) is 2.14. The van der Waals surface area contributed by atoms with Crippen molar-refractivity contribution in [3.05, 3.63) is 0 Å². The molecule has 0 radical (unpaired) electrons. The predicted octanol–water partition coefficient (Wildman–Crippen LogP) is 0.567. The van der Waals surface area contributed by atoms with Crippen LogP contribution in [0.4, 0.5) is 0 Å². The third kappa shape index (κ3) is 1.70. The zero-order valence-corrected chi connectivity index (χ0v) is 6.88. The molecule has 0 aromatic rings. The SMILES string of the molecule is C[C@@H]1CN(CCO)C[C@@H]1C. The topological polar surface area (TPSA) is 23.5 Å². The van der Waals surface area contributed by atoms with Crippen LogP contribution < -0.4 is 0 Å². The summed E-state index contributed by atoms with van der Waals surface area (Å²) in [5.41, 5.74) is 0. The van der Waals surface area contributed by atoms with Crippen LogP contribution in [0.3, 0.4) is 0 Å². The molecule has 10 heavy (non-hydrogen) atoms. The zero-order valence-electron chi connectivity index (χ0n) is 6.88. The summed E-state index contributed by atoms with van der Waals surface area (Å²) < 4.78 is 0. The predicted molar refractivity (Wildman–Crippen MR) is 41.9 cm³/mol. The van der Waals surface area contributed by atoms with Gasteiger partial charge in [-0.25, -0.2) is 0 Å². The van der Waals surface area contributed by atoms with Crippen molar-refractivity contribution in [1.82, 2.24) is 4.90 Å². The van der Waals surface area contributed by atoms with Crippen molar-refractivity contribution >= 4 is 0 Å². The Morgan fingerprint density at radius 2 is 1.80 bits per heavy atom. The molecule has 2 nitrogen and oxygen atoms in total. The van der Waals surface area contributed by atoms with Crippen molar-refractivity contribution in [2.75, 3.05) is 26.2 Å². The average molecular weight is 143 g/mol. The van der Waals surface area contributed by atoms with Gasteiger partial charge in [-0.1, -0.05) is 13.8 Å². The fraction of sp³-hybridized carbons (Fsp3) is 1.00. The minimum atomic E-state index is 0.305. The summed E-state index contributed by atoms with van der Waals surface area (Å²) in [4.78, 5) is 2.33. The number of hydrogen-bond acceptors (Lipinski definition) is 2. The van der Waals surface area contributed by atoms with Crippen LogP contribution in [-0.4, -0.2) is 36.2 Å². The van der Waals surface area contributed by atoms with E-state index in [1.165, 1.54) is 13.1 Å². The number of aliphatic hydroxyl groups excluding tert-OH is 1. The van der Waals surface area contributed by atoms with Gasteiger partial charge >= 0.3 is 0 Å². The van der Waals surface area contributed by atoms with Gasteiger partial charge in [-0.3, -0.25) is 0 Å². The first-order chi connectivity index (χ1) is 4.74. The van der Waals surface area contributed by atoms with Gasteiger partial charge in [0.1, 0.15) is 0 Å². The fourth-order valence-corrected chi connectivity index (χ4v) is 1.57. The standard InChI is InChI=1S/C8H17NO/c1-7-5-9(3-4-10)6-8(7)2/h7-8,10H,3-6H2,1-2H3/t7-,8+. The lowest BCUT2D eigenvalue weighted by molar-refractivity contribution is 0.216. The molecule has 2 heteroatoms. The normalized spacial score (nSPS) is 35.1. The molecular weight excluding hydrogens is 126 g/mol. The van der Waals surface area contributed by atoms with E-state index in [1.54, 1.807) is 0 Å². The van der Waals surface area contributed by atoms with Crippen LogP contribution in [0, 0.1) is 11.8 Å². The van der Waals surface area contributed by atoms with E-state index in [9.17, 15) is 0 Å². The molecular formula is C8H17NO. The van der Waals surface area contributed by atoms with E-state index in [2.05, 4.69) is 18.7 Å². The van der Waals surface area contributed by atoms with Gasteiger partial charge < -0.3 is 10.0 Å². The van der Waals surface area contributed by atoms with Crippen LogP contribution in [0.25, 0.3) is 0 Å². The Bertz CT molecular complexity index is 95.4. The summed E-state index contributed by atoms with van der Waals surface area (Å²) >= 11 is 0. The second-order valence-corrected chi connectivity index (χ2v) is 3.44. The third-order valence-electron chi connectivity index (χ3n) is 2.48. The molecule has 0 unspecified atom stereocenters. The first-order valence-corrected chi connectivity index (χ1v) is 4.07. The Morgan fingerprint density at radius 1 is 1.30 bits per heavy atom. The second-order valence-electron chi connectivity index (χ2n) is 3.44. The van der Waals surface area contributed by atoms with Crippen molar-refractivity contribution in [3.63, 3.8) is 0 Å². The molecule has 0 bridgehead atoms. The smallest absolute Gasteiger partial charge is 0.0558 e. The van der Waals surface area contributed by atoms with E-state index in [-0.39, 0.29) is 0 Å². The van der Waals surface area contributed by atoms with Crippen molar-refractivity contribution < 1.29 is 5.11 Å². The van der Waals surface area contributed by atoms with E-state index in [1.807, 2.05) is 0 Å². The van der Waals surface area contributed by atoms with Crippen LogP contribution in [0.5, 0.6) is 0 Å². The number of nitrogens with zero attached hydrogens (tertiary/aromatic N) is 1. The highest BCUT2D eigenvalue weighted by atomic mass is 16.3. The Balaban J connectivity index is 2.27. The van der Waals surface area contributed by atoms with E-state index >= 15 is 0 Å². The van der Waals surface area contributed by atoms with Gasteiger partial charge in [0, 0.05) is 19.6 Å². The van der Waals surface area contributed by atoms with Crippen molar-refractivity contribution in [1.29, 1.82) is 0 Å². The molecule has 0 saturated carbocycles. The highest BCUT2D eigenvalue weighted by Gasteiger charge is 2.24. The van der Waals surface area contributed by atoms with Crippen LogP contribution >= 0.6 is 0 Å². The number of rotatable bonds is 2. The minimum absolute atomic E-state index is 0.305. The lowest BCUT2D eigenvalue weighted by Gasteiger charge is -2.12. The summed E-state index contributed by atoms with van der Waals surface area (Å²) in [5.74, 6) is 1.62. The van der Waals surface area contributed by atoms with Crippen molar-refractivity contribution in [3.8, 4) is 0 Å². The van der Waals surface area contributed by atoms with Gasteiger partial charge in [0.2, 0.25) is 0 Å². The van der Waals surface area contributed by atoms with Gasteiger partial charge in [-0.15, -0.1) is 0 Å². The molecule has 60 valence electrons. The molecule has 1 N–H and O–H groups in total. The quantitative estimate of drug-likeness (QED) is 0.611. The molecule has 1 fully saturated rings. The van der Waals surface area contributed by atoms with E-state index in [4.69, 9.17) is 5.11 Å². The van der Waals surface area contributed by atoms with E-state index in [0.29, 0.717) is 6.61 Å². The molecule has 2 atom stereocenters. The summed E-state index contributed by atoms with van der Waals surface area (Å²) in [6.07, 6.45) is 0. The fourth-order valence-electron chi connectivity index (χ4n) is 1.57. The highest BCUT2D eigenvalue weighted by molar-refractivity contribution is 4.77. The largest absolute Gasteiger partial charge is 0.395 e. The summed E-state index contributed by atoms with van der Waals surface area (Å²) in [6, 6.07) is 0. The number of hydrogen-bond donors (Lipinski definition) is 1. The van der Waals surface area contributed by atoms with E-state index in [0.717, 1.165) is 18.4 Å². The lowest BCUT2D eigenvalue weighted by atomic mass is 10.0. The molecule has 1 aliphatic rings. The van der Waals surface area contributed by atoms with Crippen LogP contribution in [0.15, 0.2) is 0 Å². The first kappa shape index (κ1) is 8.02. The van der Waals surface area contributed by atoms with Gasteiger partial charge in [-0.05, 0) is 11.8 Å². The Morgan fingerprint density at radius 3 is 2.20 bits per heavy atom. The Hall–Kier alpha value is -0.0800. The first-order valence-electron chi connectivity index (χ1n) is 4.07. The van der Waals surface area contributed by atoms with Crippen LogP contribution in [-0.2, 0) is 0 Å². The molecule has 0 aliphatic carbocycles. The zero-order chi connectivity index (χ0) is 7.56.